The summed E-state index contributed by atoms with van der Waals surface area (Å²) in [5, 5.41) is 0. The monoisotopic (exact) mass is 280 g/mol. The first-order valence-electron chi connectivity index (χ1n) is 6.61. The van der Waals surface area contributed by atoms with Gasteiger partial charge in [-0.25, -0.2) is 4.79 Å². The molecule has 0 aliphatic carbocycles. The molecule has 1 saturated heterocycles. The van der Waals surface area contributed by atoms with Gasteiger partial charge in [0, 0.05) is 19.2 Å². The van der Waals surface area contributed by atoms with E-state index in [0.717, 1.165) is 5.76 Å². The average molecular weight is 280 g/mol. The highest BCUT2D eigenvalue weighted by molar-refractivity contribution is 5.96. The molecule has 1 aliphatic rings. The molecule has 0 saturated carbocycles. The topological polar surface area (TPSA) is 63.0 Å². The number of carbonyl (C=O) groups excluding carboxylic acids is 2. The Kier molecular flexibility index (Phi) is 3.74. The van der Waals surface area contributed by atoms with E-state index in [1.54, 1.807) is 31.7 Å². The van der Waals surface area contributed by atoms with Crippen LogP contribution < -0.4 is 4.90 Å². The standard InChI is InChI=1S/C14H20N2O4/c1-10-5-6-12(19-10)16-8-7-15(9-11(16)17)13(18)20-14(2,3)4/h5-6H,7-9H2,1-4H3. The number of anilines is 1. The molecule has 1 fully saturated rings. The number of hydrogen-bond acceptors (Lipinski definition) is 4. The van der Waals surface area contributed by atoms with E-state index < -0.39 is 11.7 Å². The van der Waals surface area contributed by atoms with Crippen molar-refractivity contribution >= 4 is 17.9 Å². The Morgan fingerprint density at radius 2 is 2.00 bits per heavy atom. The first kappa shape index (κ1) is 14.4. The molecule has 2 heterocycles. The third-order valence-electron chi connectivity index (χ3n) is 2.86. The maximum Gasteiger partial charge on any atom is 0.410 e. The fourth-order valence-electron chi connectivity index (χ4n) is 1.96. The van der Waals surface area contributed by atoms with Gasteiger partial charge in [0.25, 0.3) is 0 Å². The summed E-state index contributed by atoms with van der Waals surface area (Å²) in [5.74, 6) is 1.11. The molecule has 2 rings (SSSR count). The zero-order chi connectivity index (χ0) is 14.9. The van der Waals surface area contributed by atoms with Gasteiger partial charge in [0.05, 0.1) is 0 Å². The van der Waals surface area contributed by atoms with Crippen LogP contribution in [0.2, 0.25) is 0 Å². The number of amides is 2. The fourth-order valence-corrected chi connectivity index (χ4v) is 1.96. The zero-order valence-corrected chi connectivity index (χ0v) is 12.3. The van der Waals surface area contributed by atoms with E-state index in [9.17, 15) is 9.59 Å². The molecule has 1 aromatic rings. The van der Waals surface area contributed by atoms with Gasteiger partial charge in [-0.3, -0.25) is 14.6 Å². The molecule has 1 aromatic heterocycles. The van der Waals surface area contributed by atoms with Crippen LogP contribution >= 0.6 is 0 Å². The van der Waals surface area contributed by atoms with E-state index in [4.69, 9.17) is 9.15 Å². The van der Waals surface area contributed by atoms with Gasteiger partial charge in [-0.1, -0.05) is 0 Å². The summed E-state index contributed by atoms with van der Waals surface area (Å²) in [6.45, 7) is 8.07. The van der Waals surface area contributed by atoms with Crippen LogP contribution in [-0.4, -0.2) is 42.1 Å². The summed E-state index contributed by atoms with van der Waals surface area (Å²) >= 11 is 0. The molecule has 110 valence electrons. The Morgan fingerprint density at radius 1 is 1.30 bits per heavy atom. The number of rotatable bonds is 1. The van der Waals surface area contributed by atoms with Gasteiger partial charge in [-0.15, -0.1) is 0 Å². The molecule has 0 aromatic carbocycles. The molecule has 0 radical (unpaired) electrons. The maximum absolute atomic E-state index is 12.1. The van der Waals surface area contributed by atoms with Crippen molar-refractivity contribution in [1.29, 1.82) is 0 Å². The summed E-state index contributed by atoms with van der Waals surface area (Å²) in [5.41, 5.74) is -0.560. The van der Waals surface area contributed by atoms with Gasteiger partial charge in [-0.2, -0.15) is 0 Å². The molecular weight excluding hydrogens is 260 g/mol. The van der Waals surface area contributed by atoms with Crippen molar-refractivity contribution in [3.05, 3.63) is 17.9 Å². The summed E-state index contributed by atoms with van der Waals surface area (Å²) < 4.78 is 10.7. The number of piperazine rings is 1. The smallest absolute Gasteiger partial charge is 0.410 e. The van der Waals surface area contributed by atoms with E-state index in [-0.39, 0.29) is 12.5 Å². The van der Waals surface area contributed by atoms with Crippen LogP contribution in [0.3, 0.4) is 0 Å². The average Bonchev–Trinajstić information content (AvgIpc) is 2.73. The molecule has 1 aliphatic heterocycles. The SMILES string of the molecule is Cc1ccc(N2CCN(C(=O)OC(C)(C)C)CC2=O)o1. The van der Waals surface area contributed by atoms with Gasteiger partial charge in [0.2, 0.25) is 11.8 Å². The fraction of sp³-hybridized carbons (Fsp3) is 0.571. The summed E-state index contributed by atoms with van der Waals surface area (Å²) in [4.78, 5) is 27.0. The number of hydrogen-bond donors (Lipinski definition) is 0. The van der Waals surface area contributed by atoms with Crippen LogP contribution in [0.1, 0.15) is 26.5 Å². The third-order valence-corrected chi connectivity index (χ3v) is 2.86. The third kappa shape index (κ3) is 3.31. The van der Waals surface area contributed by atoms with Crippen molar-refractivity contribution in [3.8, 4) is 0 Å². The van der Waals surface area contributed by atoms with Gasteiger partial charge in [0.1, 0.15) is 17.9 Å². The largest absolute Gasteiger partial charge is 0.445 e. The number of ether oxygens (including phenoxy) is 1. The molecular formula is C14H20N2O4. The highest BCUT2D eigenvalue weighted by Gasteiger charge is 2.31. The second-order valence-electron chi connectivity index (χ2n) is 5.83. The Morgan fingerprint density at radius 3 is 2.50 bits per heavy atom. The Hall–Kier alpha value is -1.98. The minimum Gasteiger partial charge on any atom is -0.445 e. The van der Waals surface area contributed by atoms with E-state index in [0.29, 0.717) is 19.0 Å². The second kappa shape index (κ2) is 5.19. The van der Waals surface area contributed by atoms with Crippen molar-refractivity contribution in [2.24, 2.45) is 0 Å². The van der Waals surface area contributed by atoms with Crippen molar-refractivity contribution in [2.45, 2.75) is 33.3 Å². The predicted octanol–water partition coefficient (Wildman–Crippen LogP) is 2.17. The van der Waals surface area contributed by atoms with Crippen LogP contribution in [0, 0.1) is 6.92 Å². The van der Waals surface area contributed by atoms with Crippen LogP contribution in [0.15, 0.2) is 16.5 Å². The van der Waals surface area contributed by atoms with E-state index >= 15 is 0 Å². The molecule has 6 nitrogen and oxygen atoms in total. The number of aryl methyl sites for hydroxylation is 1. The minimum atomic E-state index is -0.560. The van der Waals surface area contributed by atoms with E-state index in [1.807, 2.05) is 13.0 Å². The Balaban J connectivity index is 1.99. The predicted molar refractivity (Wildman–Crippen MR) is 73.6 cm³/mol. The Labute approximate surface area is 118 Å². The van der Waals surface area contributed by atoms with Crippen molar-refractivity contribution in [2.75, 3.05) is 24.5 Å². The zero-order valence-electron chi connectivity index (χ0n) is 12.3. The lowest BCUT2D eigenvalue weighted by Gasteiger charge is -2.34. The summed E-state index contributed by atoms with van der Waals surface area (Å²) in [7, 11) is 0. The van der Waals surface area contributed by atoms with Crippen LogP contribution in [-0.2, 0) is 9.53 Å². The molecule has 0 bridgehead atoms. The molecule has 0 unspecified atom stereocenters. The van der Waals surface area contributed by atoms with E-state index in [2.05, 4.69) is 0 Å². The van der Waals surface area contributed by atoms with Gasteiger partial charge in [-0.05, 0) is 33.8 Å². The lowest BCUT2D eigenvalue weighted by molar-refractivity contribution is -0.121. The minimum absolute atomic E-state index is 0.00859. The molecule has 0 spiro atoms. The lowest BCUT2D eigenvalue weighted by atomic mass is 10.2. The van der Waals surface area contributed by atoms with Crippen LogP contribution in [0.5, 0.6) is 0 Å². The first-order chi connectivity index (χ1) is 9.26. The van der Waals surface area contributed by atoms with Crippen molar-refractivity contribution in [1.82, 2.24) is 4.90 Å². The molecule has 20 heavy (non-hydrogen) atoms. The molecule has 0 atom stereocenters. The van der Waals surface area contributed by atoms with Crippen LogP contribution in [0.25, 0.3) is 0 Å². The maximum atomic E-state index is 12.1. The number of nitrogens with zero attached hydrogens (tertiary/aromatic N) is 2. The molecule has 6 heteroatoms. The van der Waals surface area contributed by atoms with Gasteiger partial charge >= 0.3 is 6.09 Å². The lowest BCUT2D eigenvalue weighted by Crippen LogP contribution is -2.53. The van der Waals surface area contributed by atoms with Crippen LogP contribution in [0.4, 0.5) is 10.7 Å². The van der Waals surface area contributed by atoms with Crippen molar-refractivity contribution in [3.63, 3.8) is 0 Å². The number of furan rings is 1. The normalized spacial score (nSPS) is 16.5. The Bertz CT molecular complexity index is 515. The molecule has 2 amide bonds. The highest BCUT2D eigenvalue weighted by Crippen LogP contribution is 2.21. The number of carbonyl (C=O) groups is 2. The summed E-state index contributed by atoms with van der Waals surface area (Å²) in [6, 6.07) is 3.57. The van der Waals surface area contributed by atoms with Gasteiger partial charge < -0.3 is 9.15 Å². The second-order valence-corrected chi connectivity index (χ2v) is 5.83. The quantitative estimate of drug-likeness (QED) is 0.791. The van der Waals surface area contributed by atoms with Crippen molar-refractivity contribution < 1.29 is 18.7 Å². The highest BCUT2D eigenvalue weighted by atomic mass is 16.6. The van der Waals surface area contributed by atoms with E-state index in [1.165, 1.54) is 4.90 Å². The molecule has 0 N–H and O–H groups in total. The first-order valence-corrected chi connectivity index (χ1v) is 6.61. The summed E-state index contributed by atoms with van der Waals surface area (Å²) in [6.07, 6.45) is -0.457. The van der Waals surface area contributed by atoms with Gasteiger partial charge in [0.15, 0.2) is 0 Å².